The van der Waals surface area contributed by atoms with Crippen LogP contribution in [0.5, 0.6) is 0 Å². The minimum atomic E-state index is -0.490. The zero-order valence-corrected chi connectivity index (χ0v) is 18.6. The van der Waals surface area contributed by atoms with Gasteiger partial charge >= 0.3 is 12.1 Å². The Hall–Kier alpha value is -3.47. The van der Waals surface area contributed by atoms with Crippen molar-refractivity contribution in [3.63, 3.8) is 0 Å². The van der Waals surface area contributed by atoms with Gasteiger partial charge in [-0.2, -0.15) is 0 Å². The number of aromatic nitrogens is 3. The average molecular weight is 458 g/mol. The van der Waals surface area contributed by atoms with Crippen LogP contribution in [-0.2, 0) is 33.8 Å². The van der Waals surface area contributed by atoms with Gasteiger partial charge in [0.2, 0.25) is 5.91 Å². The number of nitrogens with zero attached hydrogens (tertiary/aromatic N) is 4. The van der Waals surface area contributed by atoms with Gasteiger partial charge < -0.3 is 19.7 Å². The van der Waals surface area contributed by atoms with E-state index in [0.717, 1.165) is 16.0 Å². The highest BCUT2D eigenvalue weighted by atomic mass is 32.1. The molecule has 0 saturated heterocycles. The van der Waals surface area contributed by atoms with Crippen LogP contribution < -0.4 is 5.32 Å². The van der Waals surface area contributed by atoms with Crippen molar-refractivity contribution in [2.45, 2.75) is 33.4 Å². The highest BCUT2D eigenvalue weighted by Crippen LogP contribution is 2.38. The Morgan fingerprint density at radius 2 is 1.94 bits per heavy atom. The van der Waals surface area contributed by atoms with Crippen LogP contribution in [0.3, 0.4) is 0 Å². The molecular weight excluding hydrogens is 434 g/mol. The number of thiophene rings is 1. The van der Waals surface area contributed by atoms with Crippen molar-refractivity contribution in [3.8, 4) is 0 Å². The average Bonchev–Trinajstić information content (AvgIpc) is 3.34. The van der Waals surface area contributed by atoms with E-state index in [9.17, 15) is 14.4 Å². The van der Waals surface area contributed by atoms with Gasteiger partial charge in [0.15, 0.2) is 0 Å². The molecule has 0 bridgehead atoms. The summed E-state index contributed by atoms with van der Waals surface area (Å²) in [4.78, 5) is 40.0. The van der Waals surface area contributed by atoms with E-state index in [1.165, 1.54) is 16.0 Å². The van der Waals surface area contributed by atoms with E-state index in [1.54, 1.807) is 18.7 Å². The smallest absolute Gasteiger partial charge is 0.410 e. The summed E-state index contributed by atoms with van der Waals surface area (Å²) in [6.07, 6.45) is 0.0791. The quantitative estimate of drug-likeness (QED) is 0.566. The first kappa shape index (κ1) is 21.8. The zero-order valence-electron chi connectivity index (χ0n) is 17.8. The molecule has 1 aromatic carbocycles. The Morgan fingerprint density at radius 3 is 2.72 bits per heavy atom. The second kappa shape index (κ2) is 9.35. The van der Waals surface area contributed by atoms with Gasteiger partial charge in [-0.05, 0) is 38.0 Å². The number of anilines is 1. The molecule has 10 nitrogen and oxygen atoms in total. The third-order valence-electron chi connectivity index (χ3n) is 5.03. The normalized spacial score (nSPS) is 13.0. The van der Waals surface area contributed by atoms with Crippen molar-refractivity contribution in [2.24, 2.45) is 0 Å². The Bertz CT molecular complexity index is 1170. The maximum Gasteiger partial charge on any atom is 0.410 e. The molecule has 0 unspecified atom stereocenters. The summed E-state index contributed by atoms with van der Waals surface area (Å²) >= 11 is 1.27. The molecule has 2 amide bonds. The first-order valence-corrected chi connectivity index (χ1v) is 11.1. The summed E-state index contributed by atoms with van der Waals surface area (Å²) in [6, 6.07) is 7.35. The number of hydrogen-bond acceptors (Lipinski definition) is 8. The molecule has 168 valence electrons. The molecule has 32 heavy (non-hydrogen) atoms. The van der Waals surface area contributed by atoms with Crippen molar-refractivity contribution >= 4 is 45.3 Å². The number of fused-ring (bicyclic) bond motifs is 2. The lowest BCUT2D eigenvalue weighted by Gasteiger charge is -2.26. The Morgan fingerprint density at radius 1 is 1.16 bits per heavy atom. The minimum Gasteiger partial charge on any atom is -0.462 e. The van der Waals surface area contributed by atoms with Crippen LogP contribution in [0.2, 0.25) is 0 Å². The summed E-state index contributed by atoms with van der Waals surface area (Å²) in [6.45, 7) is 4.68. The largest absolute Gasteiger partial charge is 0.462 e. The molecular formula is C21H23N5O5S. The fourth-order valence-electron chi connectivity index (χ4n) is 3.62. The molecule has 11 heteroatoms. The van der Waals surface area contributed by atoms with Crippen LogP contribution in [0.15, 0.2) is 24.3 Å². The van der Waals surface area contributed by atoms with Crippen LogP contribution in [0.1, 0.15) is 34.6 Å². The summed E-state index contributed by atoms with van der Waals surface area (Å²) < 4.78 is 11.8. The van der Waals surface area contributed by atoms with Gasteiger partial charge in [0.05, 0.1) is 30.8 Å². The second-order valence-corrected chi connectivity index (χ2v) is 8.19. The number of amides is 2. The van der Waals surface area contributed by atoms with Gasteiger partial charge in [0.1, 0.15) is 17.1 Å². The Kier molecular flexibility index (Phi) is 6.35. The SMILES string of the molecule is CCOC(=O)c1c(NC(=O)Cn2nnc3ccccc32)sc2c1CCN(C(=O)OCC)C2. The molecule has 0 radical (unpaired) electrons. The molecule has 3 heterocycles. The van der Waals surface area contributed by atoms with Crippen LogP contribution in [0, 0.1) is 0 Å². The topological polar surface area (TPSA) is 116 Å². The summed E-state index contributed by atoms with van der Waals surface area (Å²) in [5.74, 6) is -0.830. The van der Waals surface area contributed by atoms with E-state index in [4.69, 9.17) is 9.47 Å². The second-order valence-electron chi connectivity index (χ2n) is 7.08. The van der Waals surface area contributed by atoms with Crippen molar-refractivity contribution < 1.29 is 23.9 Å². The van der Waals surface area contributed by atoms with Crippen molar-refractivity contribution in [1.82, 2.24) is 19.9 Å². The standard InChI is InChI=1S/C21H23N5O5S/c1-3-30-20(28)18-13-9-10-25(21(29)31-4-2)11-16(13)32-19(18)22-17(27)12-26-15-8-6-5-7-14(15)23-24-26/h5-8H,3-4,9-12H2,1-2H3,(H,22,27). The summed E-state index contributed by atoms with van der Waals surface area (Å²) in [7, 11) is 0. The molecule has 0 spiro atoms. The number of ether oxygens (including phenoxy) is 2. The molecule has 0 saturated carbocycles. The number of hydrogen-bond donors (Lipinski definition) is 1. The predicted molar refractivity (Wildman–Crippen MR) is 118 cm³/mol. The van der Waals surface area contributed by atoms with Crippen LogP contribution in [0.4, 0.5) is 9.80 Å². The van der Waals surface area contributed by atoms with E-state index >= 15 is 0 Å². The zero-order chi connectivity index (χ0) is 22.7. The lowest BCUT2D eigenvalue weighted by molar-refractivity contribution is -0.116. The minimum absolute atomic E-state index is 0.0553. The van der Waals surface area contributed by atoms with E-state index in [0.29, 0.717) is 42.2 Å². The van der Waals surface area contributed by atoms with E-state index in [-0.39, 0.29) is 19.1 Å². The van der Waals surface area contributed by atoms with Crippen molar-refractivity contribution in [2.75, 3.05) is 25.1 Å². The van der Waals surface area contributed by atoms with Gasteiger partial charge in [0, 0.05) is 11.4 Å². The van der Waals surface area contributed by atoms with Crippen LogP contribution in [0.25, 0.3) is 11.0 Å². The Labute approximate surface area is 188 Å². The third-order valence-corrected chi connectivity index (χ3v) is 6.16. The van der Waals surface area contributed by atoms with Crippen LogP contribution in [-0.4, -0.2) is 57.6 Å². The van der Waals surface area contributed by atoms with Crippen molar-refractivity contribution in [3.05, 3.63) is 40.3 Å². The van der Waals surface area contributed by atoms with Gasteiger partial charge in [-0.15, -0.1) is 16.4 Å². The maximum absolute atomic E-state index is 12.8. The number of carbonyl (C=O) groups is 3. The lowest BCUT2D eigenvalue weighted by Crippen LogP contribution is -2.36. The van der Waals surface area contributed by atoms with Gasteiger partial charge in [-0.25, -0.2) is 14.3 Å². The third kappa shape index (κ3) is 4.28. The molecule has 2 aromatic heterocycles. The maximum atomic E-state index is 12.8. The molecule has 1 N–H and O–H groups in total. The fraction of sp³-hybridized carbons (Fsp3) is 0.381. The molecule has 0 fully saturated rings. The van der Waals surface area contributed by atoms with Crippen LogP contribution >= 0.6 is 11.3 Å². The van der Waals surface area contributed by atoms with Gasteiger partial charge in [-0.3, -0.25) is 4.79 Å². The number of carbonyl (C=O) groups excluding carboxylic acids is 3. The fourth-order valence-corrected chi connectivity index (χ4v) is 4.89. The molecule has 0 aliphatic carbocycles. The molecule has 4 rings (SSSR count). The summed E-state index contributed by atoms with van der Waals surface area (Å²) in [5.41, 5.74) is 2.59. The molecule has 0 atom stereocenters. The van der Waals surface area contributed by atoms with Gasteiger partial charge in [-0.1, -0.05) is 17.3 Å². The number of para-hydroxylation sites is 1. The van der Waals surface area contributed by atoms with E-state index in [1.807, 2.05) is 24.3 Å². The summed E-state index contributed by atoms with van der Waals surface area (Å²) in [5, 5.41) is 11.3. The number of nitrogens with one attached hydrogen (secondary N) is 1. The van der Waals surface area contributed by atoms with E-state index < -0.39 is 12.1 Å². The number of esters is 1. The van der Waals surface area contributed by atoms with E-state index in [2.05, 4.69) is 15.6 Å². The highest BCUT2D eigenvalue weighted by Gasteiger charge is 2.31. The highest BCUT2D eigenvalue weighted by molar-refractivity contribution is 7.17. The number of benzene rings is 1. The number of rotatable bonds is 6. The predicted octanol–water partition coefficient (Wildman–Crippen LogP) is 2.82. The monoisotopic (exact) mass is 457 g/mol. The molecule has 1 aliphatic heterocycles. The van der Waals surface area contributed by atoms with Crippen molar-refractivity contribution in [1.29, 1.82) is 0 Å². The Balaban J connectivity index is 1.58. The first-order valence-electron chi connectivity index (χ1n) is 10.3. The molecule has 1 aliphatic rings. The lowest BCUT2D eigenvalue weighted by atomic mass is 10.0. The first-order chi connectivity index (χ1) is 15.5. The molecule has 3 aromatic rings. The van der Waals surface area contributed by atoms with Gasteiger partial charge in [0.25, 0.3) is 0 Å².